The van der Waals surface area contributed by atoms with Crippen LogP contribution < -0.4 is 10.9 Å². The van der Waals surface area contributed by atoms with Gasteiger partial charge in [0.1, 0.15) is 11.9 Å². The van der Waals surface area contributed by atoms with Gasteiger partial charge in [0.05, 0.1) is 29.8 Å². The van der Waals surface area contributed by atoms with Crippen LogP contribution in [0.5, 0.6) is 0 Å². The molecule has 0 fully saturated rings. The highest BCUT2D eigenvalue weighted by atomic mass is 35.5. The summed E-state index contributed by atoms with van der Waals surface area (Å²) in [7, 11) is 3.37. The van der Waals surface area contributed by atoms with E-state index in [0.29, 0.717) is 12.1 Å². The minimum absolute atomic E-state index is 0. The fourth-order valence-corrected chi connectivity index (χ4v) is 3.71. The third kappa shape index (κ3) is 5.80. The number of aliphatic hydroxyl groups is 1. The number of fused-ring (bicyclic) bond motifs is 1. The van der Waals surface area contributed by atoms with E-state index in [4.69, 9.17) is 9.72 Å². The molecular weight excluding hydrogens is 448 g/mol. The molecule has 1 aromatic carbocycles. The number of hydrogen-bond donors (Lipinski definition) is 3. The summed E-state index contributed by atoms with van der Waals surface area (Å²) in [5.41, 5.74) is 3.90. The third-order valence-corrected chi connectivity index (χ3v) is 5.55. The summed E-state index contributed by atoms with van der Waals surface area (Å²) in [5.74, 6) is -0.383. The van der Waals surface area contributed by atoms with Gasteiger partial charge in [0.2, 0.25) is 0 Å². The zero-order valence-electron chi connectivity index (χ0n) is 19.4. The summed E-state index contributed by atoms with van der Waals surface area (Å²) < 4.78 is 9.08. The Balaban J connectivity index is 0.00000385. The molecule has 0 spiro atoms. The predicted octanol–water partition coefficient (Wildman–Crippen LogP) is 2.09. The number of carbonyl (C=O) groups is 1. The number of ether oxygens (including phenoxy) is 1. The SMILES string of the molecule is COC(C)Cn1c(-c2cc(C)c(=O)n(C)c2)nc2cc(CNC(C(=O)O)C(C)O)ccc21.Cl. The van der Waals surface area contributed by atoms with Gasteiger partial charge in [-0.1, -0.05) is 6.07 Å². The predicted molar refractivity (Wildman–Crippen MR) is 129 cm³/mol. The maximum atomic E-state index is 12.1. The van der Waals surface area contributed by atoms with E-state index in [-0.39, 0.29) is 30.6 Å². The lowest BCUT2D eigenvalue weighted by atomic mass is 10.1. The molecule has 3 N–H and O–H groups in total. The fourth-order valence-electron chi connectivity index (χ4n) is 3.71. The number of aryl methyl sites for hydroxylation is 2. The average Bonchev–Trinajstić information content (AvgIpc) is 3.08. The highest BCUT2D eigenvalue weighted by Crippen LogP contribution is 2.26. The summed E-state index contributed by atoms with van der Waals surface area (Å²) in [4.78, 5) is 28.3. The highest BCUT2D eigenvalue weighted by Gasteiger charge is 2.22. The van der Waals surface area contributed by atoms with Crippen LogP contribution in [0.1, 0.15) is 25.0 Å². The number of nitrogens with one attached hydrogen (secondary N) is 1. The molecule has 0 radical (unpaired) electrons. The second-order valence-electron chi connectivity index (χ2n) is 8.18. The molecule has 0 amide bonds. The Morgan fingerprint density at radius 3 is 2.55 bits per heavy atom. The van der Waals surface area contributed by atoms with Crippen molar-refractivity contribution in [1.82, 2.24) is 19.4 Å². The molecule has 10 heteroatoms. The number of rotatable bonds is 9. The first kappa shape index (κ1) is 26.5. The Hall–Kier alpha value is -2.72. The van der Waals surface area contributed by atoms with Crippen molar-refractivity contribution in [3.8, 4) is 11.4 Å². The summed E-state index contributed by atoms with van der Waals surface area (Å²) in [5, 5.41) is 21.8. The molecule has 0 aliphatic heterocycles. The van der Waals surface area contributed by atoms with Crippen molar-refractivity contribution in [3.05, 3.63) is 51.9 Å². The Morgan fingerprint density at radius 2 is 1.97 bits per heavy atom. The zero-order chi connectivity index (χ0) is 23.6. The van der Waals surface area contributed by atoms with Gasteiger partial charge in [-0.15, -0.1) is 12.4 Å². The molecule has 3 unspecified atom stereocenters. The molecule has 2 aromatic heterocycles. The van der Waals surface area contributed by atoms with Gasteiger partial charge in [-0.3, -0.25) is 14.9 Å². The van der Waals surface area contributed by atoms with Crippen molar-refractivity contribution in [1.29, 1.82) is 0 Å². The van der Waals surface area contributed by atoms with E-state index in [0.717, 1.165) is 28.0 Å². The van der Waals surface area contributed by atoms with Gasteiger partial charge < -0.3 is 24.1 Å². The number of aliphatic hydroxyl groups excluding tert-OH is 1. The molecular formula is C23H31ClN4O5. The zero-order valence-corrected chi connectivity index (χ0v) is 20.2. The Morgan fingerprint density at radius 1 is 1.27 bits per heavy atom. The summed E-state index contributed by atoms with van der Waals surface area (Å²) in [6, 6.07) is 6.52. The first-order chi connectivity index (χ1) is 15.1. The standard InChI is InChI=1S/C23H30N4O5.ClH/c1-13-8-17(12-26(4)22(13)29)21-25-18-9-16(10-24-20(15(3)28)23(30)31)6-7-19(18)27(21)11-14(2)32-5;/h6-9,12,14-15,20,24,28H,10-11H2,1-5H3,(H,30,31);1H. The number of carboxylic acids is 1. The maximum absolute atomic E-state index is 12.1. The minimum atomic E-state index is -1.11. The molecule has 3 atom stereocenters. The van der Waals surface area contributed by atoms with Crippen LogP contribution in [-0.2, 0) is 29.7 Å². The van der Waals surface area contributed by atoms with Crippen molar-refractivity contribution >= 4 is 29.4 Å². The number of carboxylic acid groups (broad SMARTS) is 1. The Kier molecular flexibility index (Phi) is 8.79. The van der Waals surface area contributed by atoms with Crippen LogP contribution in [0.15, 0.2) is 35.3 Å². The number of hydrogen-bond acceptors (Lipinski definition) is 6. The average molecular weight is 479 g/mol. The minimum Gasteiger partial charge on any atom is -0.480 e. The summed E-state index contributed by atoms with van der Waals surface area (Å²) in [6.45, 7) is 6.04. The van der Waals surface area contributed by atoms with E-state index in [2.05, 4.69) is 9.88 Å². The first-order valence-corrected chi connectivity index (χ1v) is 10.5. The van der Waals surface area contributed by atoms with E-state index < -0.39 is 18.1 Å². The number of aliphatic carboxylic acids is 1. The van der Waals surface area contributed by atoms with Crippen molar-refractivity contribution in [3.63, 3.8) is 0 Å². The Labute approximate surface area is 198 Å². The molecule has 3 aromatic rings. The molecule has 33 heavy (non-hydrogen) atoms. The number of nitrogens with zero attached hydrogens (tertiary/aromatic N) is 3. The first-order valence-electron chi connectivity index (χ1n) is 10.5. The number of pyridine rings is 1. The number of imidazole rings is 1. The molecule has 3 rings (SSSR count). The van der Waals surface area contributed by atoms with Crippen LogP contribution >= 0.6 is 12.4 Å². The van der Waals surface area contributed by atoms with Gasteiger partial charge in [-0.25, -0.2) is 4.98 Å². The number of methoxy groups -OCH3 is 1. The normalized spacial score (nSPS) is 14.0. The molecule has 180 valence electrons. The van der Waals surface area contributed by atoms with Crippen LogP contribution in [0.25, 0.3) is 22.4 Å². The van der Waals surface area contributed by atoms with E-state index in [1.54, 1.807) is 31.8 Å². The van der Waals surface area contributed by atoms with Crippen molar-refractivity contribution in [2.75, 3.05) is 7.11 Å². The maximum Gasteiger partial charge on any atom is 0.323 e. The molecule has 2 heterocycles. The lowest BCUT2D eigenvalue weighted by Gasteiger charge is -2.17. The van der Waals surface area contributed by atoms with Crippen molar-refractivity contribution in [2.24, 2.45) is 7.05 Å². The van der Waals surface area contributed by atoms with Gasteiger partial charge in [-0.2, -0.15) is 0 Å². The van der Waals surface area contributed by atoms with Crippen LogP contribution in [0, 0.1) is 6.92 Å². The lowest BCUT2D eigenvalue weighted by molar-refractivity contribution is -0.142. The van der Waals surface area contributed by atoms with Gasteiger partial charge in [0.25, 0.3) is 5.56 Å². The third-order valence-electron chi connectivity index (χ3n) is 5.55. The van der Waals surface area contributed by atoms with Gasteiger partial charge in [0.15, 0.2) is 0 Å². The van der Waals surface area contributed by atoms with Crippen LogP contribution in [0.3, 0.4) is 0 Å². The smallest absolute Gasteiger partial charge is 0.323 e. The van der Waals surface area contributed by atoms with Gasteiger partial charge >= 0.3 is 5.97 Å². The molecule has 0 bridgehead atoms. The topological polar surface area (TPSA) is 119 Å². The van der Waals surface area contributed by atoms with E-state index in [1.165, 1.54) is 6.92 Å². The largest absolute Gasteiger partial charge is 0.480 e. The second-order valence-corrected chi connectivity index (χ2v) is 8.18. The van der Waals surface area contributed by atoms with E-state index >= 15 is 0 Å². The number of benzene rings is 1. The summed E-state index contributed by atoms with van der Waals surface area (Å²) in [6.07, 6.45) is 0.696. The highest BCUT2D eigenvalue weighted by molar-refractivity contribution is 5.85. The summed E-state index contributed by atoms with van der Waals surface area (Å²) >= 11 is 0. The van der Waals surface area contributed by atoms with Crippen LogP contribution in [0.4, 0.5) is 0 Å². The van der Waals surface area contributed by atoms with Gasteiger partial charge in [-0.05, 0) is 44.5 Å². The monoisotopic (exact) mass is 478 g/mol. The lowest BCUT2D eigenvalue weighted by Crippen LogP contribution is -2.44. The van der Waals surface area contributed by atoms with Crippen molar-refractivity contribution < 1.29 is 19.7 Å². The quantitative estimate of drug-likeness (QED) is 0.431. The fraction of sp³-hybridized carbons (Fsp3) is 0.435. The van der Waals surface area contributed by atoms with E-state index in [9.17, 15) is 19.8 Å². The number of halogens is 1. The second kappa shape index (κ2) is 10.9. The van der Waals surface area contributed by atoms with Crippen LogP contribution in [-0.4, -0.2) is 55.7 Å². The molecule has 0 aliphatic carbocycles. The molecule has 0 saturated carbocycles. The number of aromatic nitrogens is 3. The van der Waals surface area contributed by atoms with Gasteiger partial charge in [0, 0.05) is 38.0 Å². The molecule has 0 saturated heterocycles. The molecule has 9 nitrogen and oxygen atoms in total. The Bertz CT molecular complexity index is 1160. The van der Waals surface area contributed by atoms with Crippen LogP contribution in [0.2, 0.25) is 0 Å². The van der Waals surface area contributed by atoms with Crippen molar-refractivity contribution in [2.45, 2.75) is 52.1 Å². The van der Waals surface area contributed by atoms with E-state index in [1.807, 2.05) is 31.2 Å². The molecule has 0 aliphatic rings.